The fourth-order valence-electron chi connectivity index (χ4n) is 1.86. The Balaban J connectivity index is 2.48. The molecule has 7 nitrogen and oxygen atoms in total. The van der Waals surface area contributed by atoms with Crippen LogP contribution in [0.5, 0.6) is 0 Å². The van der Waals surface area contributed by atoms with Crippen LogP contribution >= 0.6 is 0 Å². The van der Waals surface area contributed by atoms with Gasteiger partial charge in [0.25, 0.3) is 5.91 Å². The number of amides is 1. The summed E-state index contributed by atoms with van der Waals surface area (Å²) in [6.45, 7) is 10.0. The van der Waals surface area contributed by atoms with Crippen LogP contribution in [0.4, 0.5) is 0 Å². The summed E-state index contributed by atoms with van der Waals surface area (Å²) in [4.78, 5) is 14.2. The molecular formula is C12H24N6O. The maximum absolute atomic E-state index is 12.0. The Hall–Kier alpha value is -1.47. The van der Waals surface area contributed by atoms with Gasteiger partial charge in [-0.25, -0.2) is 0 Å². The summed E-state index contributed by atoms with van der Waals surface area (Å²) in [6, 6.07) is 0.0760. The lowest BCUT2D eigenvalue weighted by Gasteiger charge is -2.23. The monoisotopic (exact) mass is 268 g/mol. The Morgan fingerprint density at radius 1 is 1.53 bits per heavy atom. The van der Waals surface area contributed by atoms with Crippen LogP contribution in [0, 0.1) is 0 Å². The molecule has 7 heteroatoms. The van der Waals surface area contributed by atoms with E-state index >= 15 is 0 Å². The van der Waals surface area contributed by atoms with Crippen LogP contribution in [0.1, 0.15) is 31.3 Å². The summed E-state index contributed by atoms with van der Waals surface area (Å²) < 4.78 is 1.57. The first kappa shape index (κ1) is 15.6. The quantitative estimate of drug-likeness (QED) is 0.675. The van der Waals surface area contributed by atoms with Crippen molar-refractivity contribution < 1.29 is 4.79 Å². The standard InChI is InChI=1S/C12H24N6O/c1-4-17(5-2)8-10(3)14-12(19)11-9-18(7-6-13)16-15-11/h9-10H,4-8,13H2,1-3H3,(H,14,19). The van der Waals surface area contributed by atoms with Gasteiger partial charge in [-0.1, -0.05) is 19.1 Å². The van der Waals surface area contributed by atoms with Gasteiger partial charge in [0, 0.05) is 19.1 Å². The fraction of sp³-hybridized carbons (Fsp3) is 0.750. The molecule has 0 radical (unpaired) electrons. The molecule has 1 heterocycles. The van der Waals surface area contributed by atoms with Gasteiger partial charge in [-0.15, -0.1) is 5.10 Å². The van der Waals surface area contributed by atoms with Gasteiger partial charge in [0.05, 0.1) is 12.7 Å². The van der Waals surface area contributed by atoms with Crippen LogP contribution < -0.4 is 11.1 Å². The third-order valence-electron chi connectivity index (χ3n) is 2.93. The maximum Gasteiger partial charge on any atom is 0.273 e. The van der Waals surface area contributed by atoms with Crippen LogP contribution in [-0.2, 0) is 6.54 Å². The predicted octanol–water partition coefficient (Wildman–Crippen LogP) is -0.303. The minimum atomic E-state index is -0.192. The first-order valence-electron chi connectivity index (χ1n) is 6.74. The van der Waals surface area contributed by atoms with Gasteiger partial charge in [0.1, 0.15) is 0 Å². The fourth-order valence-corrected chi connectivity index (χ4v) is 1.86. The van der Waals surface area contributed by atoms with E-state index in [0.29, 0.717) is 18.8 Å². The Morgan fingerprint density at radius 2 is 2.21 bits per heavy atom. The van der Waals surface area contributed by atoms with Crippen LogP contribution in [0.3, 0.4) is 0 Å². The zero-order chi connectivity index (χ0) is 14.3. The van der Waals surface area contributed by atoms with Crippen molar-refractivity contribution in [2.45, 2.75) is 33.4 Å². The number of nitrogens with one attached hydrogen (secondary N) is 1. The van der Waals surface area contributed by atoms with Gasteiger partial charge in [0.2, 0.25) is 0 Å². The van der Waals surface area contributed by atoms with Gasteiger partial charge in [-0.2, -0.15) is 0 Å². The summed E-state index contributed by atoms with van der Waals surface area (Å²) in [5, 5.41) is 10.6. The van der Waals surface area contributed by atoms with Crippen LogP contribution in [0.25, 0.3) is 0 Å². The molecular weight excluding hydrogens is 244 g/mol. The van der Waals surface area contributed by atoms with Crippen molar-refractivity contribution in [3.05, 3.63) is 11.9 Å². The molecule has 0 aliphatic heterocycles. The van der Waals surface area contributed by atoms with Gasteiger partial charge < -0.3 is 16.0 Å². The SMILES string of the molecule is CCN(CC)CC(C)NC(=O)c1cn(CCN)nn1. The van der Waals surface area contributed by atoms with E-state index in [-0.39, 0.29) is 11.9 Å². The Kier molecular flexibility index (Phi) is 6.44. The highest BCUT2D eigenvalue weighted by atomic mass is 16.2. The second kappa shape index (κ2) is 7.85. The van der Waals surface area contributed by atoms with Gasteiger partial charge in [-0.3, -0.25) is 9.48 Å². The van der Waals surface area contributed by atoms with Crippen molar-refractivity contribution in [3.8, 4) is 0 Å². The molecule has 0 aromatic carbocycles. The predicted molar refractivity (Wildman–Crippen MR) is 73.8 cm³/mol. The lowest BCUT2D eigenvalue weighted by atomic mass is 10.3. The summed E-state index contributed by atoms with van der Waals surface area (Å²) in [7, 11) is 0. The molecule has 108 valence electrons. The first-order chi connectivity index (χ1) is 9.10. The molecule has 0 spiro atoms. The van der Waals surface area contributed by atoms with Crippen molar-refractivity contribution in [2.75, 3.05) is 26.2 Å². The minimum Gasteiger partial charge on any atom is -0.347 e. The summed E-state index contributed by atoms with van der Waals surface area (Å²) in [6.07, 6.45) is 1.62. The number of nitrogens with two attached hydrogens (primary N) is 1. The molecule has 1 aromatic heterocycles. The molecule has 1 rings (SSSR count). The van der Waals surface area contributed by atoms with Crippen LogP contribution in [0.15, 0.2) is 6.20 Å². The lowest BCUT2D eigenvalue weighted by molar-refractivity contribution is 0.0925. The first-order valence-corrected chi connectivity index (χ1v) is 6.74. The van der Waals surface area contributed by atoms with E-state index in [1.165, 1.54) is 0 Å². The molecule has 0 saturated heterocycles. The van der Waals surface area contributed by atoms with Crippen LogP contribution in [-0.4, -0.2) is 58.0 Å². The summed E-state index contributed by atoms with van der Waals surface area (Å²) >= 11 is 0. The smallest absolute Gasteiger partial charge is 0.273 e. The molecule has 1 amide bonds. The maximum atomic E-state index is 12.0. The van der Waals surface area contributed by atoms with Crippen molar-refractivity contribution in [1.82, 2.24) is 25.2 Å². The number of nitrogens with zero attached hydrogens (tertiary/aromatic N) is 4. The summed E-state index contributed by atoms with van der Waals surface area (Å²) in [5.41, 5.74) is 5.75. The number of rotatable bonds is 8. The normalized spacial score (nSPS) is 12.7. The van der Waals surface area contributed by atoms with E-state index in [1.807, 2.05) is 6.92 Å². The van der Waals surface area contributed by atoms with Crippen LogP contribution in [0.2, 0.25) is 0 Å². The molecule has 19 heavy (non-hydrogen) atoms. The molecule has 1 atom stereocenters. The number of likely N-dealkylation sites (N-methyl/N-ethyl adjacent to an activating group) is 1. The molecule has 0 aliphatic rings. The Morgan fingerprint density at radius 3 is 2.79 bits per heavy atom. The van der Waals surface area contributed by atoms with E-state index in [1.54, 1.807) is 10.9 Å². The second-order valence-corrected chi connectivity index (χ2v) is 4.52. The van der Waals surface area contributed by atoms with Crippen molar-refractivity contribution >= 4 is 5.91 Å². The van der Waals surface area contributed by atoms with E-state index in [0.717, 1.165) is 19.6 Å². The zero-order valence-electron chi connectivity index (χ0n) is 12.0. The van der Waals surface area contributed by atoms with E-state index < -0.39 is 0 Å². The number of hydrogen-bond acceptors (Lipinski definition) is 5. The molecule has 0 bridgehead atoms. The average molecular weight is 268 g/mol. The highest BCUT2D eigenvalue weighted by molar-refractivity contribution is 5.92. The lowest BCUT2D eigenvalue weighted by Crippen LogP contribution is -2.42. The van der Waals surface area contributed by atoms with Crippen molar-refractivity contribution in [1.29, 1.82) is 0 Å². The Bertz CT molecular complexity index is 387. The Labute approximate surface area is 114 Å². The number of aromatic nitrogens is 3. The minimum absolute atomic E-state index is 0.0760. The molecule has 0 fully saturated rings. The van der Waals surface area contributed by atoms with Gasteiger partial charge in [0.15, 0.2) is 5.69 Å². The highest BCUT2D eigenvalue weighted by Crippen LogP contribution is 1.96. The second-order valence-electron chi connectivity index (χ2n) is 4.52. The van der Waals surface area contributed by atoms with Crippen molar-refractivity contribution in [3.63, 3.8) is 0 Å². The molecule has 3 N–H and O–H groups in total. The number of carbonyl (C=O) groups is 1. The highest BCUT2D eigenvalue weighted by Gasteiger charge is 2.14. The molecule has 0 aliphatic carbocycles. The largest absolute Gasteiger partial charge is 0.347 e. The average Bonchev–Trinajstić information content (AvgIpc) is 2.85. The van der Waals surface area contributed by atoms with E-state index in [2.05, 4.69) is 34.4 Å². The van der Waals surface area contributed by atoms with Crippen molar-refractivity contribution in [2.24, 2.45) is 5.73 Å². The number of hydrogen-bond donors (Lipinski definition) is 2. The summed E-state index contributed by atoms with van der Waals surface area (Å²) in [5.74, 6) is -0.192. The molecule has 1 unspecified atom stereocenters. The van der Waals surface area contributed by atoms with Gasteiger partial charge >= 0.3 is 0 Å². The third kappa shape index (κ3) is 4.96. The zero-order valence-corrected chi connectivity index (χ0v) is 12.0. The van der Waals surface area contributed by atoms with E-state index in [4.69, 9.17) is 5.73 Å². The van der Waals surface area contributed by atoms with Gasteiger partial charge in [-0.05, 0) is 20.0 Å². The third-order valence-corrected chi connectivity index (χ3v) is 2.93. The topological polar surface area (TPSA) is 89.1 Å². The number of carbonyl (C=O) groups excluding carboxylic acids is 1. The molecule has 1 aromatic rings. The van der Waals surface area contributed by atoms with E-state index in [9.17, 15) is 4.79 Å². The molecule has 0 saturated carbocycles.